The Kier molecular flexibility index (Phi) is 8.72. The number of likely N-dealkylation sites (tertiary alicyclic amines) is 1. The molecule has 5 nitrogen and oxygen atoms in total. The molecular weight excluding hydrogens is 434 g/mol. The van der Waals surface area contributed by atoms with Crippen molar-refractivity contribution in [3.8, 4) is 5.75 Å². The van der Waals surface area contributed by atoms with Gasteiger partial charge in [0.2, 0.25) is 0 Å². The maximum absolute atomic E-state index is 13.0. The minimum atomic E-state index is 0.152. The third-order valence-corrected chi connectivity index (χ3v) is 8.15. The number of carbonyl (C=O) groups is 1. The Bertz CT molecular complexity index is 966. The lowest BCUT2D eigenvalue weighted by atomic mass is 9.91. The van der Waals surface area contributed by atoms with E-state index in [-0.39, 0.29) is 5.91 Å². The van der Waals surface area contributed by atoms with Gasteiger partial charge in [-0.15, -0.1) is 0 Å². The summed E-state index contributed by atoms with van der Waals surface area (Å²) in [7, 11) is 0. The zero-order valence-electron chi connectivity index (χ0n) is 22.1. The SMILES string of the molecule is CCC1CCC(C)N(CCCOc2ccc(N3CCN(C(=O)c4cccc(C)c4C)CC3)cc2)C1. The molecule has 35 heavy (non-hydrogen) atoms. The van der Waals surface area contributed by atoms with E-state index in [1.807, 2.05) is 24.0 Å². The number of piperazine rings is 1. The number of benzene rings is 2. The number of hydrogen-bond acceptors (Lipinski definition) is 4. The zero-order chi connectivity index (χ0) is 24.8. The number of hydrogen-bond donors (Lipinski definition) is 0. The van der Waals surface area contributed by atoms with Crippen LogP contribution in [-0.4, -0.2) is 67.6 Å². The van der Waals surface area contributed by atoms with E-state index in [0.717, 1.165) is 68.5 Å². The highest BCUT2D eigenvalue weighted by molar-refractivity contribution is 5.96. The molecule has 0 bridgehead atoms. The second kappa shape index (κ2) is 11.9. The molecule has 0 aromatic heterocycles. The average Bonchev–Trinajstić information content (AvgIpc) is 2.89. The molecule has 0 aliphatic carbocycles. The van der Waals surface area contributed by atoms with E-state index in [1.165, 1.54) is 37.1 Å². The maximum atomic E-state index is 13.0. The standard InChI is InChI=1S/C30H43N3O2/c1-5-26-11-10-24(3)33(22-26)16-7-21-35-28-14-12-27(13-15-28)31-17-19-32(20-18-31)30(34)29-9-6-8-23(2)25(29)4/h6,8-9,12-15,24,26H,5,7,10-11,16-22H2,1-4H3. The summed E-state index contributed by atoms with van der Waals surface area (Å²) >= 11 is 0. The smallest absolute Gasteiger partial charge is 0.254 e. The molecular formula is C30H43N3O2. The minimum absolute atomic E-state index is 0.152. The van der Waals surface area contributed by atoms with Crippen molar-refractivity contribution in [2.45, 2.75) is 59.4 Å². The van der Waals surface area contributed by atoms with Gasteiger partial charge in [-0.25, -0.2) is 0 Å². The Morgan fingerprint density at radius 1 is 1.00 bits per heavy atom. The monoisotopic (exact) mass is 477 g/mol. The van der Waals surface area contributed by atoms with Gasteiger partial charge < -0.3 is 19.4 Å². The number of piperidine rings is 1. The summed E-state index contributed by atoms with van der Waals surface area (Å²) < 4.78 is 6.05. The van der Waals surface area contributed by atoms with Crippen molar-refractivity contribution in [3.63, 3.8) is 0 Å². The fourth-order valence-corrected chi connectivity index (χ4v) is 5.44. The van der Waals surface area contributed by atoms with Crippen LogP contribution >= 0.6 is 0 Å². The Morgan fingerprint density at radius 2 is 1.74 bits per heavy atom. The van der Waals surface area contributed by atoms with Gasteiger partial charge in [0.1, 0.15) is 5.75 Å². The number of aryl methyl sites for hydroxylation is 1. The van der Waals surface area contributed by atoms with Gasteiger partial charge >= 0.3 is 0 Å². The molecule has 190 valence electrons. The number of amides is 1. The lowest BCUT2D eigenvalue weighted by molar-refractivity contribution is 0.0746. The first-order valence-corrected chi connectivity index (χ1v) is 13.5. The molecule has 2 unspecified atom stereocenters. The van der Waals surface area contributed by atoms with Gasteiger partial charge in [-0.3, -0.25) is 4.79 Å². The van der Waals surface area contributed by atoms with Crippen LogP contribution in [-0.2, 0) is 0 Å². The Labute approximate surface area is 212 Å². The van der Waals surface area contributed by atoms with Crippen LogP contribution < -0.4 is 9.64 Å². The quantitative estimate of drug-likeness (QED) is 0.468. The molecule has 2 aromatic carbocycles. The molecule has 2 aromatic rings. The first kappa shape index (κ1) is 25.6. The Morgan fingerprint density at radius 3 is 2.46 bits per heavy atom. The molecule has 0 radical (unpaired) electrons. The highest BCUT2D eigenvalue weighted by Crippen LogP contribution is 2.25. The van der Waals surface area contributed by atoms with E-state index >= 15 is 0 Å². The van der Waals surface area contributed by atoms with Crippen LogP contribution in [0.1, 0.15) is 61.0 Å². The predicted molar refractivity (Wildman–Crippen MR) is 145 cm³/mol. The van der Waals surface area contributed by atoms with Gasteiger partial charge in [-0.05, 0) is 87.4 Å². The molecule has 0 N–H and O–H groups in total. The van der Waals surface area contributed by atoms with Crippen LogP contribution in [0.2, 0.25) is 0 Å². The summed E-state index contributed by atoms with van der Waals surface area (Å²) in [5.41, 5.74) is 4.29. The van der Waals surface area contributed by atoms with E-state index in [9.17, 15) is 4.79 Å². The second-order valence-electron chi connectivity index (χ2n) is 10.4. The van der Waals surface area contributed by atoms with Crippen LogP contribution in [0.4, 0.5) is 5.69 Å². The summed E-state index contributed by atoms with van der Waals surface area (Å²) in [6, 6.07) is 15.2. The summed E-state index contributed by atoms with van der Waals surface area (Å²) in [6.45, 7) is 15.1. The first-order valence-electron chi connectivity index (χ1n) is 13.5. The third-order valence-electron chi connectivity index (χ3n) is 8.15. The van der Waals surface area contributed by atoms with Gasteiger partial charge in [0.15, 0.2) is 0 Å². The topological polar surface area (TPSA) is 36.0 Å². The molecule has 4 rings (SSSR count). The molecule has 2 fully saturated rings. The highest BCUT2D eigenvalue weighted by atomic mass is 16.5. The first-order chi connectivity index (χ1) is 17.0. The molecule has 2 atom stereocenters. The number of carbonyl (C=O) groups excluding carboxylic acids is 1. The van der Waals surface area contributed by atoms with Crippen LogP contribution in [0.15, 0.2) is 42.5 Å². The summed E-state index contributed by atoms with van der Waals surface area (Å²) in [6.07, 6.45) is 5.08. The fraction of sp³-hybridized carbons (Fsp3) is 0.567. The molecule has 0 saturated carbocycles. The van der Waals surface area contributed by atoms with Crippen LogP contribution in [0.3, 0.4) is 0 Å². The molecule has 1 amide bonds. The van der Waals surface area contributed by atoms with Crippen molar-refractivity contribution in [3.05, 3.63) is 59.2 Å². The lowest BCUT2D eigenvalue weighted by Crippen LogP contribution is -2.49. The van der Waals surface area contributed by atoms with Crippen LogP contribution in [0.25, 0.3) is 0 Å². The van der Waals surface area contributed by atoms with Crippen molar-refractivity contribution in [1.29, 1.82) is 0 Å². The number of rotatable bonds is 8. The normalized spacial score (nSPS) is 21.3. The molecule has 5 heteroatoms. The van der Waals surface area contributed by atoms with E-state index in [2.05, 4.69) is 60.9 Å². The molecule has 0 spiro atoms. The van der Waals surface area contributed by atoms with Gasteiger partial charge in [-0.1, -0.05) is 25.5 Å². The van der Waals surface area contributed by atoms with Gasteiger partial charge in [0.25, 0.3) is 5.91 Å². The van der Waals surface area contributed by atoms with Gasteiger partial charge in [0.05, 0.1) is 6.61 Å². The maximum Gasteiger partial charge on any atom is 0.254 e. The fourth-order valence-electron chi connectivity index (χ4n) is 5.44. The molecule has 2 heterocycles. The molecule has 2 saturated heterocycles. The van der Waals surface area contributed by atoms with Gasteiger partial charge in [-0.2, -0.15) is 0 Å². The number of ether oxygens (including phenoxy) is 1. The van der Waals surface area contributed by atoms with Crippen molar-refractivity contribution in [2.24, 2.45) is 5.92 Å². The summed E-state index contributed by atoms with van der Waals surface area (Å²) in [5, 5.41) is 0. The molecule has 2 aliphatic heterocycles. The minimum Gasteiger partial charge on any atom is -0.494 e. The zero-order valence-corrected chi connectivity index (χ0v) is 22.1. The van der Waals surface area contributed by atoms with Crippen LogP contribution in [0.5, 0.6) is 5.75 Å². The average molecular weight is 478 g/mol. The van der Waals surface area contributed by atoms with E-state index in [0.29, 0.717) is 6.04 Å². The second-order valence-corrected chi connectivity index (χ2v) is 10.4. The van der Waals surface area contributed by atoms with Crippen molar-refractivity contribution < 1.29 is 9.53 Å². The summed E-state index contributed by atoms with van der Waals surface area (Å²) in [4.78, 5) is 20.0. The lowest BCUT2D eigenvalue weighted by Gasteiger charge is -2.37. The Balaban J connectivity index is 1.21. The van der Waals surface area contributed by atoms with E-state index in [4.69, 9.17) is 4.74 Å². The van der Waals surface area contributed by atoms with E-state index in [1.54, 1.807) is 0 Å². The van der Waals surface area contributed by atoms with Crippen LogP contribution in [0, 0.1) is 19.8 Å². The third kappa shape index (κ3) is 6.38. The number of anilines is 1. The summed E-state index contributed by atoms with van der Waals surface area (Å²) in [5.74, 6) is 1.96. The van der Waals surface area contributed by atoms with Crippen molar-refractivity contribution in [2.75, 3.05) is 50.8 Å². The molecule has 2 aliphatic rings. The van der Waals surface area contributed by atoms with Crippen molar-refractivity contribution >= 4 is 11.6 Å². The van der Waals surface area contributed by atoms with E-state index < -0.39 is 0 Å². The van der Waals surface area contributed by atoms with Gasteiger partial charge in [0, 0.05) is 56.6 Å². The Hall–Kier alpha value is -2.53. The number of nitrogens with zero attached hydrogens (tertiary/aromatic N) is 3. The highest BCUT2D eigenvalue weighted by Gasteiger charge is 2.25. The van der Waals surface area contributed by atoms with Crippen molar-refractivity contribution in [1.82, 2.24) is 9.80 Å². The predicted octanol–water partition coefficient (Wildman–Crippen LogP) is 5.55. The largest absolute Gasteiger partial charge is 0.494 e.